The summed E-state index contributed by atoms with van der Waals surface area (Å²) in [6, 6.07) is 25.8. The molecule has 0 saturated heterocycles. The average molecular weight is 669 g/mol. The van der Waals surface area contributed by atoms with E-state index in [1.807, 2.05) is 39.0 Å². The van der Waals surface area contributed by atoms with Gasteiger partial charge in [0.15, 0.2) is 0 Å². The molecule has 0 unspecified atom stereocenters. The second kappa shape index (κ2) is 14.8. The van der Waals surface area contributed by atoms with Gasteiger partial charge in [-0.3, -0.25) is 13.9 Å². The molecule has 0 spiro atoms. The Morgan fingerprint density at radius 1 is 0.822 bits per heavy atom. The van der Waals surface area contributed by atoms with Crippen LogP contribution in [0.2, 0.25) is 10.0 Å². The number of para-hydroxylation sites is 1. The van der Waals surface area contributed by atoms with Gasteiger partial charge in [0.1, 0.15) is 24.1 Å². The maximum Gasteiger partial charge on any atom is 0.264 e. The molecule has 4 aromatic carbocycles. The van der Waals surface area contributed by atoms with Crippen LogP contribution >= 0.6 is 23.2 Å². The van der Waals surface area contributed by atoms with Crippen molar-refractivity contribution in [2.75, 3.05) is 10.8 Å². The number of carbonyl (C=O) groups is 2. The van der Waals surface area contributed by atoms with E-state index in [9.17, 15) is 18.0 Å². The number of nitrogens with zero attached hydrogens (tertiary/aromatic N) is 2. The lowest BCUT2D eigenvalue weighted by atomic mass is 10.1. The van der Waals surface area contributed by atoms with Crippen molar-refractivity contribution < 1.29 is 22.7 Å². The Morgan fingerprint density at radius 2 is 1.44 bits per heavy atom. The Kier molecular flexibility index (Phi) is 11.1. The second-order valence-electron chi connectivity index (χ2n) is 10.8. The molecule has 1 atom stereocenters. The summed E-state index contributed by atoms with van der Waals surface area (Å²) in [4.78, 5) is 28.6. The van der Waals surface area contributed by atoms with E-state index in [4.69, 9.17) is 27.9 Å². The smallest absolute Gasteiger partial charge is 0.264 e. The highest BCUT2D eigenvalue weighted by molar-refractivity contribution is 7.92. The topological polar surface area (TPSA) is 96.0 Å². The minimum Gasteiger partial charge on any atom is -0.457 e. The van der Waals surface area contributed by atoms with E-state index < -0.39 is 28.5 Å². The Labute approximate surface area is 274 Å². The SMILES string of the molecule is Cc1ccc(S(=O)(=O)N(CC(=O)N(Cc2ccc(Cl)c(Cl)c2)[C@@H](C)C(=O)NC(C)C)c2ccc(Oc3ccccc3)cc2)cc1. The van der Waals surface area contributed by atoms with E-state index >= 15 is 0 Å². The predicted octanol–water partition coefficient (Wildman–Crippen LogP) is 7.23. The van der Waals surface area contributed by atoms with Gasteiger partial charge >= 0.3 is 0 Å². The molecule has 236 valence electrons. The summed E-state index contributed by atoms with van der Waals surface area (Å²) in [5.74, 6) is 0.141. The van der Waals surface area contributed by atoms with Crippen LogP contribution in [0, 0.1) is 6.92 Å². The highest BCUT2D eigenvalue weighted by Crippen LogP contribution is 2.29. The van der Waals surface area contributed by atoms with Gasteiger partial charge in [0.2, 0.25) is 11.8 Å². The third-order valence-electron chi connectivity index (χ3n) is 6.93. The number of hydrogen-bond acceptors (Lipinski definition) is 5. The molecule has 2 amide bonds. The van der Waals surface area contributed by atoms with Crippen LogP contribution in [-0.2, 0) is 26.2 Å². The van der Waals surface area contributed by atoms with Crippen LogP contribution in [0.1, 0.15) is 31.9 Å². The Bertz CT molecular complexity index is 1730. The monoisotopic (exact) mass is 667 g/mol. The minimum atomic E-state index is -4.22. The minimum absolute atomic E-state index is 0.00925. The summed E-state index contributed by atoms with van der Waals surface area (Å²) in [5.41, 5.74) is 1.76. The molecule has 0 aliphatic carbocycles. The van der Waals surface area contributed by atoms with Gasteiger partial charge in [0, 0.05) is 12.6 Å². The van der Waals surface area contributed by atoms with Crippen molar-refractivity contribution >= 4 is 50.7 Å². The molecular weight excluding hydrogens is 633 g/mol. The average Bonchev–Trinajstić information content (AvgIpc) is 3.00. The van der Waals surface area contributed by atoms with Gasteiger partial charge in [-0.1, -0.05) is 65.2 Å². The maximum absolute atomic E-state index is 14.1. The van der Waals surface area contributed by atoms with Gasteiger partial charge in [-0.2, -0.15) is 0 Å². The van der Waals surface area contributed by atoms with E-state index in [2.05, 4.69) is 5.32 Å². The number of benzene rings is 4. The molecule has 1 N–H and O–H groups in total. The molecule has 0 heterocycles. The number of aryl methyl sites for hydroxylation is 1. The van der Waals surface area contributed by atoms with Crippen molar-refractivity contribution in [1.29, 1.82) is 0 Å². The molecule has 11 heteroatoms. The largest absolute Gasteiger partial charge is 0.457 e. The molecule has 0 fully saturated rings. The second-order valence-corrected chi connectivity index (χ2v) is 13.5. The lowest BCUT2D eigenvalue weighted by molar-refractivity contribution is -0.139. The number of halogens is 2. The van der Waals surface area contributed by atoms with Crippen LogP contribution in [0.3, 0.4) is 0 Å². The van der Waals surface area contributed by atoms with Crippen LogP contribution in [0.5, 0.6) is 11.5 Å². The molecule has 4 rings (SSSR count). The van der Waals surface area contributed by atoms with Gasteiger partial charge < -0.3 is 15.0 Å². The first-order valence-electron chi connectivity index (χ1n) is 14.3. The van der Waals surface area contributed by atoms with Crippen LogP contribution in [0.15, 0.2) is 102 Å². The molecule has 45 heavy (non-hydrogen) atoms. The molecule has 0 aromatic heterocycles. The number of sulfonamides is 1. The van der Waals surface area contributed by atoms with Crippen molar-refractivity contribution in [1.82, 2.24) is 10.2 Å². The number of ether oxygens (including phenoxy) is 1. The highest BCUT2D eigenvalue weighted by atomic mass is 35.5. The van der Waals surface area contributed by atoms with Gasteiger partial charge in [0.05, 0.1) is 20.6 Å². The maximum atomic E-state index is 14.1. The first-order valence-corrected chi connectivity index (χ1v) is 16.5. The fourth-order valence-corrected chi connectivity index (χ4v) is 6.23. The molecule has 0 aliphatic rings. The van der Waals surface area contributed by atoms with E-state index in [1.54, 1.807) is 73.7 Å². The van der Waals surface area contributed by atoms with Crippen molar-refractivity contribution in [3.8, 4) is 11.5 Å². The number of nitrogens with one attached hydrogen (secondary N) is 1. The van der Waals surface area contributed by atoms with E-state index in [-0.39, 0.29) is 29.1 Å². The van der Waals surface area contributed by atoms with Crippen LogP contribution in [0.4, 0.5) is 5.69 Å². The van der Waals surface area contributed by atoms with Crippen LogP contribution in [-0.4, -0.2) is 43.8 Å². The first-order chi connectivity index (χ1) is 21.3. The number of amides is 2. The molecular formula is C34H35Cl2N3O5S. The van der Waals surface area contributed by atoms with Crippen LogP contribution in [0.25, 0.3) is 0 Å². The quantitative estimate of drug-likeness (QED) is 0.172. The normalized spacial score (nSPS) is 12.0. The van der Waals surface area contributed by atoms with Crippen molar-refractivity contribution in [3.63, 3.8) is 0 Å². The Hall–Kier alpha value is -4.05. The van der Waals surface area contributed by atoms with Crippen molar-refractivity contribution in [3.05, 3.63) is 118 Å². The van der Waals surface area contributed by atoms with Crippen molar-refractivity contribution in [2.45, 2.75) is 51.2 Å². The lowest BCUT2D eigenvalue weighted by Crippen LogP contribution is -2.52. The third kappa shape index (κ3) is 8.78. The van der Waals surface area contributed by atoms with Gasteiger partial charge in [0.25, 0.3) is 10.0 Å². The van der Waals surface area contributed by atoms with Crippen molar-refractivity contribution in [2.24, 2.45) is 0 Å². The number of hydrogen-bond donors (Lipinski definition) is 1. The molecule has 8 nitrogen and oxygen atoms in total. The number of rotatable bonds is 12. The summed E-state index contributed by atoms with van der Waals surface area (Å²) in [6.45, 7) is 6.50. The molecule has 4 aromatic rings. The summed E-state index contributed by atoms with van der Waals surface area (Å²) in [5, 5.41) is 3.47. The van der Waals surface area contributed by atoms with E-state index in [1.165, 1.54) is 17.0 Å². The highest BCUT2D eigenvalue weighted by Gasteiger charge is 2.33. The van der Waals surface area contributed by atoms with Crippen LogP contribution < -0.4 is 14.4 Å². The molecule has 0 aliphatic heterocycles. The molecule has 0 bridgehead atoms. The fourth-order valence-electron chi connectivity index (χ4n) is 4.49. The zero-order chi connectivity index (χ0) is 32.7. The van der Waals surface area contributed by atoms with Gasteiger partial charge in [-0.05, 0) is 93.9 Å². The van der Waals surface area contributed by atoms with Gasteiger partial charge in [-0.15, -0.1) is 0 Å². The summed E-state index contributed by atoms with van der Waals surface area (Å²) in [7, 11) is -4.22. The predicted molar refractivity (Wildman–Crippen MR) is 178 cm³/mol. The zero-order valence-corrected chi connectivity index (χ0v) is 27.7. The lowest BCUT2D eigenvalue weighted by Gasteiger charge is -2.32. The third-order valence-corrected chi connectivity index (χ3v) is 9.45. The Balaban J connectivity index is 1.71. The van der Waals surface area contributed by atoms with Gasteiger partial charge in [-0.25, -0.2) is 8.42 Å². The Morgan fingerprint density at radius 3 is 2.04 bits per heavy atom. The molecule has 0 radical (unpaired) electrons. The van der Waals surface area contributed by atoms with E-state index in [0.29, 0.717) is 27.1 Å². The number of anilines is 1. The molecule has 0 saturated carbocycles. The summed E-state index contributed by atoms with van der Waals surface area (Å²) >= 11 is 12.3. The van der Waals surface area contributed by atoms with E-state index in [0.717, 1.165) is 9.87 Å². The standard InChI is InChI=1S/C34H35Cl2N3O5S/c1-23(2)37-34(41)25(4)38(21-26-12-19-31(35)32(36)20-26)33(40)22-39(45(42,43)30-17-10-24(3)11-18-30)27-13-15-29(16-14-27)44-28-8-6-5-7-9-28/h5-20,23,25H,21-22H2,1-4H3,(H,37,41)/t25-/m0/s1. The number of carbonyl (C=O) groups excluding carboxylic acids is 2. The summed E-state index contributed by atoms with van der Waals surface area (Å²) < 4.78 is 35.1. The summed E-state index contributed by atoms with van der Waals surface area (Å²) in [6.07, 6.45) is 0. The zero-order valence-electron chi connectivity index (χ0n) is 25.4. The fraction of sp³-hybridized carbons (Fsp3) is 0.235. The first kappa shape index (κ1) is 33.8.